The average Bonchev–Trinajstić information content (AvgIpc) is 3.63. The second kappa shape index (κ2) is 14.3. The predicted octanol–water partition coefficient (Wildman–Crippen LogP) is 1.97. The molecule has 4 N–H and O–H groups in total. The minimum atomic E-state index is -2.74. The molecule has 3 heterocycles. The molecule has 0 saturated carbocycles. The third-order valence-electron chi connectivity index (χ3n) is 6.87. The smallest absolute Gasteiger partial charge is 0.336 e. The van der Waals surface area contributed by atoms with Crippen molar-refractivity contribution in [2.75, 3.05) is 33.0 Å². The van der Waals surface area contributed by atoms with E-state index in [9.17, 15) is 18.8 Å². The monoisotopic (exact) mass is 566 g/mol. The zero-order chi connectivity index (χ0) is 29.3. The highest BCUT2D eigenvalue weighted by Gasteiger charge is 2.41. The Hall–Kier alpha value is -3.39. The van der Waals surface area contributed by atoms with Crippen LogP contribution in [0.5, 0.6) is 0 Å². The number of carboxylic acid groups (broad SMARTS) is 3. The van der Waals surface area contributed by atoms with Crippen molar-refractivity contribution in [1.82, 2.24) is 10.1 Å². The van der Waals surface area contributed by atoms with Gasteiger partial charge in [0.2, 0.25) is 0 Å². The van der Waals surface area contributed by atoms with Crippen molar-refractivity contribution in [2.45, 2.75) is 50.8 Å². The molecule has 0 aliphatic carbocycles. The fourth-order valence-electron chi connectivity index (χ4n) is 4.87. The van der Waals surface area contributed by atoms with Crippen LogP contribution in [0.3, 0.4) is 0 Å². The average molecular weight is 567 g/mol. The number of ether oxygens (including phenoxy) is 2. The number of aliphatic carboxylic acids is 3. The van der Waals surface area contributed by atoms with E-state index in [4.69, 9.17) is 34.4 Å². The lowest BCUT2D eigenvalue weighted by Gasteiger charge is -2.33. The van der Waals surface area contributed by atoms with Crippen molar-refractivity contribution in [3.05, 3.63) is 53.2 Å². The van der Waals surface area contributed by atoms with Crippen LogP contribution < -0.4 is 0 Å². The first-order valence-electron chi connectivity index (χ1n) is 12.9. The van der Waals surface area contributed by atoms with Crippen LogP contribution in [0, 0.1) is 24.6 Å². The summed E-state index contributed by atoms with van der Waals surface area (Å²) in [6.07, 6.45) is -0.366. The summed E-state index contributed by atoms with van der Waals surface area (Å²) in [5.74, 6) is -3.40. The Kier molecular flexibility index (Phi) is 11.1. The van der Waals surface area contributed by atoms with E-state index >= 15 is 0 Å². The summed E-state index contributed by atoms with van der Waals surface area (Å²) in [6.45, 7) is 6.80. The number of halogens is 1. The van der Waals surface area contributed by atoms with Gasteiger partial charge in [0.25, 0.3) is 0 Å². The summed E-state index contributed by atoms with van der Waals surface area (Å²) >= 11 is 0. The summed E-state index contributed by atoms with van der Waals surface area (Å²) in [6, 6.07) is 9.12. The van der Waals surface area contributed by atoms with E-state index in [1.165, 1.54) is 12.1 Å². The predicted molar refractivity (Wildman–Crippen MR) is 136 cm³/mol. The summed E-state index contributed by atoms with van der Waals surface area (Å²) in [4.78, 5) is 33.0. The van der Waals surface area contributed by atoms with Crippen molar-refractivity contribution in [1.29, 1.82) is 0 Å². The van der Waals surface area contributed by atoms with E-state index < -0.39 is 36.4 Å². The quantitative estimate of drug-likeness (QED) is 0.294. The summed E-state index contributed by atoms with van der Waals surface area (Å²) in [5.41, 5.74) is -0.708. The molecule has 2 aliphatic rings. The highest BCUT2D eigenvalue weighted by molar-refractivity contribution is 5.88. The zero-order valence-corrected chi connectivity index (χ0v) is 22.2. The maximum atomic E-state index is 13.3. The normalized spacial score (nSPS) is 20.8. The van der Waals surface area contributed by atoms with Gasteiger partial charge in [-0.05, 0) is 37.0 Å². The molecule has 1 aromatic carbocycles. The first kappa shape index (κ1) is 31.1. The summed E-state index contributed by atoms with van der Waals surface area (Å²) in [7, 11) is 0. The van der Waals surface area contributed by atoms with Crippen molar-refractivity contribution in [3.8, 4) is 0 Å². The van der Waals surface area contributed by atoms with Gasteiger partial charge in [0.05, 0.1) is 38.4 Å². The van der Waals surface area contributed by atoms with Crippen LogP contribution in [0.15, 0.2) is 34.9 Å². The Morgan fingerprint density at radius 1 is 1.05 bits per heavy atom. The number of carbonyl (C=O) groups is 3. The SMILES string of the molecule is Cc1cc(C[C@@H]2COC[C@H]2N(Cc2ccc(F)cc2)CC2CCOC2)on1.O=C(O)CC(O)(CC(=O)O)C(=O)O. The first-order chi connectivity index (χ1) is 18.9. The van der Waals surface area contributed by atoms with Gasteiger partial charge in [-0.3, -0.25) is 14.5 Å². The molecule has 2 aliphatic heterocycles. The second-order valence-corrected chi connectivity index (χ2v) is 10.3. The number of rotatable bonds is 12. The van der Waals surface area contributed by atoms with Crippen LogP contribution in [0.1, 0.15) is 36.3 Å². The van der Waals surface area contributed by atoms with Gasteiger partial charge >= 0.3 is 17.9 Å². The molecule has 0 bridgehead atoms. The highest BCUT2D eigenvalue weighted by Crippen LogP contribution is 2.28. The fourth-order valence-corrected chi connectivity index (χ4v) is 4.87. The van der Waals surface area contributed by atoms with Crippen molar-refractivity contribution in [3.63, 3.8) is 0 Å². The lowest BCUT2D eigenvalue weighted by atomic mass is 9.95. The first-order valence-corrected chi connectivity index (χ1v) is 12.9. The number of nitrogens with zero attached hydrogens (tertiary/aromatic N) is 2. The van der Waals surface area contributed by atoms with E-state index in [1.807, 2.05) is 25.1 Å². The molecule has 2 fully saturated rings. The number of aryl methyl sites for hydroxylation is 1. The van der Waals surface area contributed by atoms with Gasteiger partial charge in [0.1, 0.15) is 11.6 Å². The Labute approximate surface area is 230 Å². The number of hydrogen-bond acceptors (Lipinski definition) is 9. The van der Waals surface area contributed by atoms with E-state index in [2.05, 4.69) is 10.1 Å². The van der Waals surface area contributed by atoms with Crippen LogP contribution in [-0.2, 0) is 36.8 Å². The molecule has 40 heavy (non-hydrogen) atoms. The van der Waals surface area contributed by atoms with E-state index in [-0.39, 0.29) is 5.82 Å². The number of carboxylic acids is 3. The molecule has 4 rings (SSSR count). The van der Waals surface area contributed by atoms with Gasteiger partial charge in [0, 0.05) is 44.1 Å². The highest BCUT2D eigenvalue weighted by atomic mass is 19.1. The van der Waals surface area contributed by atoms with Crippen LogP contribution in [0.2, 0.25) is 0 Å². The number of benzene rings is 1. The van der Waals surface area contributed by atoms with Gasteiger partial charge < -0.3 is 34.4 Å². The number of aliphatic hydroxyl groups is 1. The molecule has 0 amide bonds. The van der Waals surface area contributed by atoms with Crippen LogP contribution in [-0.4, -0.2) is 93.0 Å². The van der Waals surface area contributed by atoms with Gasteiger partial charge in [-0.2, -0.15) is 0 Å². The summed E-state index contributed by atoms with van der Waals surface area (Å²) in [5, 5.41) is 37.8. The molecule has 1 unspecified atom stereocenters. The number of aromatic nitrogens is 1. The van der Waals surface area contributed by atoms with Crippen LogP contribution >= 0.6 is 0 Å². The fraction of sp³-hybridized carbons (Fsp3) is 0.556. The molecular weight excluding hydrogens is 531 g/mol. The molecule has 0 radical (unpaired) electrons. The largest absolute Gasteiger partial charge is 0.481 e. The molecule has 13 heteroatoms. The minimum Gasteiger partial charge on any atom is -0.481 e. The molecular formula is C27H35FN2O10. The Morgan fingerprint density at radius 2 is 1.73 bits per heavy atom. The Balaban J connectivity index is 0.000000289. The maximum absolute atomic E-state index is 13.3. The summed E-state index contributed by atoms with van der Waals surface area (Å²) < 4.78 is 30.2. The second-order valence-electron chi connectivity index (χ2n) is 10.3. The topological polar surface area (TPSA) is 180 Å². The van der Waals surface area contributed by atoms with E-state index in [0.717, 1.165) is 62.8 Å². The molecule has 12 nitrogen and oxygen atoms in total. The van der Waals surface area contributed by atoms with Gasteiger partial charge in [-0.15, -0.1) is 0 Å². The van der Waals surface area contributed by atoms with Crippen LogP contribution in [0.4, 0.5) is 4.39 Å². The van der Waals surface area contributed by atoms with Crippen molar-refractivity contribution >= 4 is 17.9 Å². The third-order valence-corrected chi connectivity index (χ3v) is 6.87. The minimum absolute atomic E-state index is 0.197. The third kappa shape index (κ3) is 9.37. The maximum Gasteiger partial charge on any atom is 0.336 e. The Morgan fingerprint density at radius 3 is 2.25 bits per heavy atom. The van der Waals surface area contributed by atoms with Crippen molar-refractivity contribution in [2.24, 2.45) is 11.8 Å². The molecule has 0 spiro atoms. The van der Waals surface area contributed by atoms with Gasteiger partial charge in [-0.25, -0.2) is 9.18 Å². The van der Waals surface area contributed by atoms with Gasteiger partial charge in [-0.1, -0.05) is 17.3 Å². The molecule has 1 aromatic heterocycles. The van der Waals surface area contributed by atoms with E-state index in [0.29, 0.717) is 24.5 Å². The number of hydrogen-bond donors (Lipinski definition) is 4. The molecule has 220 valence electrons. The zero-order valence-electron chi connectivity index (χ0n) is 22.2. The lowest BCUT2D eigenvalue weighted by Crippen LogP contribution is -2.43. The van der Waals surface area contributed by atoms with Gasteiger partial charge in [0.15, 0.2) is 5.60 Å². The molecule has 2 saturated heterocycles. The Bertz CT molecular complexity index is 1120. The lowest BCUT2D eigenvalue weighted by molar-refractivity contribution is -0.170. The standard InChI is InChI=1S/C21H27FN2O3.C6H8O7/c1-15-8-20(27-23-15)9-18-13-26-14-21(18)24(11-17-6-7-25-12-17)10-16-2-4-19(22)5-3-16;7-3(8)1-6(13,5(11)12)2-4(9)10/h2-5,8,17-18,21H,6-7,9-14H2,1H3;13H,1-2H2,(H,7,8)(H,9,10)(H,11,12)/t17?,18-,21-;/m1./s1. The molecule has 3 atom stereocenters. The van der Waals surface area contributed by atoms with E-state index in [1.54, 1.807) is 0 Å². The van der Waals surface area contributed by atoms with Crippen molar-refractivity contribution < 1.29 is 53.2 Å². The molecule has 2 aromatic rings. The van der Waals surface area contributed by atoms with Crippen LogP contribution in [0.25, 0.3) is 0 Å².